The first-order chi connectivity index (χ1) is 23.9. The van der Waals surface area contributed by atoms with E-state index in [0.29, 0.717) is 6.54 Å². The fourth-order valence-corrected chi connectivity index (χ4v) is 10.1. The minimum absolute atomic E-state index is 0.000293. The predicted molar refractivity (Wildman–Crippen MR) is 188 cm³/mol. The zero-order chi connectivity index (χ0) is 33.4. The maximum absolute atomic E-state index is 13.1. The molecule has 4 atom stereocenters. The predicted octanol–water partition coefficient (Wildman–Crippen LogP) is 6.62. The third-order valence-electron chi connectivity index (χ3n) is 12.1. The molecule has 4 saturated carbocycles. The molecule has 0 radical (unpaired) electrons. The van der Waals surface area contributed by atoms with Gasteiger partial charge in [-0.3, -0.25) is 4.90 Å². The van der Waals surface area contributed by atoms with Crippen molar-refractivity contribution in [3.63, 3.8) is 0 Å². The summed E-state index contributed by atoms with van der Waals surface area (Å²) in [6, 6.07) is 24.9. The molecule has 3 aromatic rings. The van der Waals surface area contributed by atoms with Crippen molar-refractivity contribution in [3.8, 4) is 11.1 Å². The van der Waals surface area contributed by atoms with Gasteiger partial charge in [-0.25, -0.2) is 4.79 Å². The third kappa shape index (κ3) is 7.31. The molecular weight excluding hydrogens is 614 g/mol. The van der Waals surface area contributed by atoms with Crippen LogP contribution in [0.5, 0.6) is 0 Å². The Labute approximate surface area is 290 Å². The second-order valence-electron chi connectivity index (χ2n) is 15.7. The number of benzene rings is 3. The molecule has 0 unspecified atom stereocenters. The average Bonchev–Trinajstić information content (AvgIpc) is 3.57. The fraction of sp³-hybridized carbons (Fsp3) is 0.537. The second kappa shape index (κ2) is 14.2. The number of nitrogens with zero attached hydrogens (tertiary/aromatic N) is 1. The van der Waals surface area contributed by atoms with E-state index in [1.54, 1.807) is 0 Å². The number of rotatable bonds is 10. The van der Waals surface area contributed by atoms with E-state index in [4.69, 9.17) is 9.47 Å². The molecule has 2 aliphatic heterocycles. The Morgan fingerprint density at radius 2 is 1.53 bits per heavy atom. The van der Waals surface area contributed by atoms with Crippen LogP contribution in [0.25, 0.3) is 11.1 Å². The lowest BCUT2D eigenvalue weighted by atomic mass is 9.53. The van der Waals surface area contributed by atoms with Gasteiger partial charge in [-0.15, -0.1) is 0 Å². The van der Waals surface area contributed by atoms with Crippen molar-refractivity contribution in [1.29, 1.82) is 0 Å². The lowest BCUT2D eigenvalue weighted by molar-refractivity contribution is -0.253. The van der Waals surface area contributed by atoms with E-state index in [1.807, 2.05) is 24.3 Å². The van der Waals surface area contributed by atoms with E-state index in [1.165, 1.54) is 19.3 Å². The lowest BCUT2D eigenvalue weighted by Gasteiger charge is -2.56. The number of nitrogens with one attached hydrogen (secondary N) is 2. The summed E-state index contributed by atoms with van der Waals surface area (Å²) in [7, 11) is 0. The maximum atomic E-state index is 13.1. The minimum atomic E-state index is -0.547. The van der Waals surface area contributed by atoms with Gasteiger partial charge in [-0.2, -0.15) is 0 Å². The Balaban J connectivity index is 0.956. The molecule has 49 heavy (non-hydrogen) atoms. The van der Waals surface area contributed by atoms with Crippen molar-refractivity contribution in [1.82, 2.24) is 15.5 Å². The number of amides is 2. The minimum Gasteiger partial charge on any atom is -0.395 e. The number of urea groups is 1. The molecule has 9 rings (SSSR count). The van der Waals surface area contributed by atoms with Crippen molar-refractivity contribution in [2.75, 3.05) is 19.7 Å². The van der Waals surface area contributed by atoms with Gasteiger partial charge in [0.1, 0.15) is 0 Å². The quantitative estimate of drug-likeness (QED) is 0.194. The SMILES string of the molecule is O=C(NCc1cccc(-c2cccc([C@@H]3O[C@H](CN4CCC[C@H]4CO)C[C@H](c4ccc(CO)cc4)O3)c2)c1)NC12CC3CC(CC(C3)C1)C2. The molecule has 2 heterocycles. The van der Waals surface area contributed by atoms with Crippen LogP contribution in [0.1, 0.15) is 92.4 Å². The van der Waals surface area contributed by atoms with Gasteiger partial charge in [0, 0.05) is 36.7 Å². The van der Waals surface area contributed by atoms with Gasteiger partial charge in [0.25, 0.3) is 0 Å². The van der Waals surface area contributed by atoms with Crippen LogP contribution in [-0.2, 0) is 22.6 Å². The van der Waals surface area contributed by atoms with Gasteiger partial charge < -0.3 is 30.3 Å². The summed E-state index contributed by atoms with van der Waals surface area (Å²) < 4.78 is 13.3. The van der Waals surface area contributed by atoms with Crippen LogP contribution in [0.2, 0.25) is 0 Å². The monoisotopic (exact) mass is 665 g/mol. The van der Waals surface area contributed by atoms with Crippen LogP contribution in [0.4, 0.5) is 4.79 Å². The number of likely N-dealkylation sites (tertiary alicyclic amines) is 1. The number of carbonyl (C=O) groups is 1. The average molecular weight is 666 g/mol. The number of hydrogen-bond donors (Lipinski definition) is 4. The van der Waals surface area contributed by atoms with Crippen LogP contribution in [0.15, 0.2) is 72.8 Å². The first-order valence-electron chi connectivity index (χ1n) is 18.5. The lowest BCUT2D eigenvalue weighted by Crippen LogP contribution is -2.61. The molecule has 6 aliphatic rings. The summed E-state index contributed by atoms with van der Waals surface area (Å²) in [5, 5.41) is 26.1. The zero-order valence-electron chi connectivity index (χ0n) is 28.4. The number of hydrogen-bond acceptors (Lipinski definition) is 6. The van der Waals surface area contributed by atoms with E-state index in [2.05, 4.69) is 64.1 Å². The van der Waals surface area contributed by atoms with E-state index in [0.717, 1.165) is 103 Å². The number of ether oxygens (including phenoxy) is 2. The number of aliphatic hydroxyl groups is 2. The summed E-state index contributed by atoms with van der Waals surface area (Å²) in [6.45, 7) is 2.38. The highest BCUT2D eigenvalue weighted by Gasteiger charge is 2.51. The molecule has 2 amide bonds. The molecule has 0 aromatic heterocycles. The summed E-state index contributed by atoms with van der Waals surface area (Å²) >= 11 is 0. The summed E-state index contributed by atoms with van der Waals surface area (Å²) in [5.41, 5.74) is 6.10. The molecule has 4 aliphatic carbocycles. The molecule has 0 spiro atoms. The standard InChI is InChI=1S/C41H51N3O5/c45-25-27-9-11-32(12-10-27)38-19-37(24-44-13-3-8-36(44)26-46)48-39(49-38)35-7-2-6-34(18-35)33-5-1-4-28(17-33)23-42-40(47)43-41-20-29-14-30(21-41)16-31(15-29)22-41/h1-2,4-7,9-12,17-18,29-31,36-39,45-46H,3,8,13-16,19-26H2,(H2,42,43,47)/t29?,30?,31?,36-,37-,38+,39+,41?/m0/s1. The van der Waals surface area contributed by atoms with Gasteiger partial charge in [-0.05, 0) is 116 Å². The van der Waals surface area contributed by atoms with Crippen LogP contribution in [0, 0.1) is 17.8 Å². The summed E-state index contributed by atoms with van der Waals surface area (Å²) in [5.74, 6) is 2.38. The molecule has 4 bridgehead atoms. The Kier molecular flexibility index (Phi) is 9.51. The van der Waals surface area contributed by atoms with Crippen molar-refractivity contribution in [2.45, 2.75) is 101 Å². The van der Waals surface area contributed by atoms with Gasteiger partial charge >= 0.3 is 6.03 Å². The Morgan fingerprint density at radius 3 is 2.24 bits per heavy atom. The first kappa shape index (κ1) is 32.9. The smallest absolute Gasteiger partial charge is 0.315 e. The number of aliphatic hydroxyl groups excluding tert-OH is 2. The van der Waals surface area contributed by atoms with Crippen molar-refractivity contribution < 1.29 is 24.5 Å². The van der Waals surface area contributed by atoms with Crippen molar-refractivity contribution >= 4 is 6.03 Å². The molecule has 8 nitrogen and oxygen atoms in total. The largest absolute Gasteiger partial charge is 0.395 e. The Hall–Kier alpha value is -3.27. The summed E-state index contributed by atoms with van der Waals surface area (Å²) in [6.07, 6.45) is 9.57. The van der Waals surface area contributed by atoms with Crippen LogP contribution >= 0.6 is 0 Å². The molecule has 8 heteroatoms. The molecule has 3 aromatic carbocycles. The van der Waals surface area contributed by atoms with Crippen LogP contribution in [-0.4, -0.2) is 58.5 Å². The highest BCUT2D eigenvalue weighted by Crippen LogP contribution is 2.55. The Bertz CT molecular complexity index is 1580. The highest BCUT2D eigenvalue weighted by molar-refractivity contribution is 5.75. The van der Waals surface area contributed by atoms with Gasteiger partial charge in [-0.1, -0.05) is 60.7 Å². The van der Waals surface area contributed by atoms with E-state index < -0.39 is 6.29 Å². The van der Waals surface area contributed by atoms with Gasteiger partial charge in [0.15, 0.2) is 6.29 Å². The maximum Gasteiger partial charge on any atom is 0.315 e. The molecular formula is C41H51N3O5. The normalized spacial score (nSPS) is 32.3. The van der Waals surface area contributed by atoms with Crippen LogP contribution in [0.3, 0.4) is 0 Å². The first-order valence-corrected chi connectivity index (χ1v) is 18.5. The molecule has 4 N–H and O–H groups in total. The summed E-state index contributed by atoms with van der Waals surface area (Å²) in [4.78, 5) is 15.5. The van der Waals surface area contributed by atoms with Crippen LogP contribution < -0.4 is 10.6 Å². The molecule has 2 saturated heterocycles. The van der Waals surface area contributed by atoms with Gasteiger partial charge in [0.2, 0.25) is 0 Å². The van der Waals surface area contributed by atoms with E-state index in [-0.39, 0.29) is 43.0 Å². The Morgan fingerprint density at radius 1 is 0.816 bits per heavy atom. The number of carbonyl (C=O) groups excluding carboxylic acids is 1. The van der Waals surface area contributed by atoms with E-state index in [9.17, 15) is 15.0 Å². The van der Waals surface area contributed by atoms with Crippen molar-refractivity contribution in [2.24, 2.45) is 17.8 Å². The van der Waals surface area contributed by atoms with Crippen molar-refractivity contribution in [3.05, 3.63) is 95.1 Å². The highest BCUT2D eigenvalue weighted by atomic mass is 16.7. The second-order valence-corrected chi connectivity index (χ2v) is 15.7. The molecule has 260 valence electrons. The van der Waals surface area contributed by atoms with E-state index >= 15 is 0 Å². The zero-order valence-corrected chi connectivity index (χ0v) is 28.4. The topological polar surface area (TPSA) is 103 Å². The van der Waals surface area contributed by atoms with Gasteiger partial charge in [0.05, 0.1) is 25.4 Å². The molecule has 6 fully saturated rings. The fourth-order valence-electron chi connectivity index (χ4n) is 10.1. The third-order valence-corrected chi connectivity index (χ3v) is 12.1.